The molecule has 0 aromatic heterocycles. The van der Waals surface area contributed by atoms with Crippen molar-refractivity contribution in [2.24, 2.45) is 0 Å². The van der Waals surface area contributed by atoms with Gasteiger partial charge in [0.1, 0.15) is 5.75 Å². The van der Waals surface area contributed by atoms with Crippen LogP contribution in [-0.4, -0.2) is 30.5 Å². The molecule has 1 fully saturated rings. The van der Waals surface area contributed by atoms with Crippen LogP contribution in [0.2, 0.25) is 0 Å². The van der Waals surface area contributed by atoms with Gasteiger partial charge in [0, 0.05) is 0 Å². The highest BCUT2D eigenvalue weighted by atomic mass is 16.6. The lowest BCUT2D eigenvalue weighted by molar-refractivity contribution is -0.180. The highest BCUT2D eigenvalue weighted by molar-refractivity contribution is 5.22. The van der Waals surface area contributed by atoms with Gasteiger partial charge < -0.3 is 14.6 Å². The van der Waals surface area contributed by atoms with Gasteiger partial charge in [0.25, 0.3) is 0 Å². The first-order valence-corrected chi connectivity index (χ1v) is 4.27. The second kappa shape index (κ2) is 3.36. The van der Waals surface area contributed by atoms with Crippen molar-refractivity contribution in [1.29, 1.82) is 0 Å². The Morgan fingerprint density at radius 3 is 2.46 bits per heavy atom. The summed E-state index contributed by atoms with van der Waals surface area (Å²) in [5.41, 5.74) is -0.499. The lowest BCUT2D eigenvalue weighted by Gasteiger charge is -2.39. The van der Waals surface area contributed by atoms with Crippen molar-refractivity contribution in [2.45, 2.75) is 5.60 Å². The predicted octanol–water partition coefficient (Wildman–Crippen LogP) is 0.827. The molecule has 1 heterocycles. The molecule has 0 aliphatic carbocycles. The number of hydrogen-bond donors (Lipinski definition) is 1. The number of rotatable bonds is 3. The lowest BCUT2D eigenvalue weighted by Crippen LogP contribution is -2.57. The molecule has 0 atom stereocenters. The largest absolute Gasteiger partial charge is 0.480 e. The number of aliphatic hydroxyl groups is 1. The van der Waals surface area contributed by atoms with Crippen molar-refractivity contribution < 1.29 is 14.6 Å². The van der Waals surface area contributed by atoms with E-state index in [1.54, 1.807) is 0 Å². The maximum atomic E-state index is 9.09. The summed E-state index contributed by atoms with van der Waals surface area (Å²) in [6.07, 6.45) is 0. The zero-order chi connectivity index (χ0) is 9.15. The first kappa shape index (κ1) is 8.53. The Hall–Kier alpha value is -1.06. The van der Waals surface area contributed by atoms with Crippen molar-refractivity contribution in [3.8, 4) is 5.75 Å². The minimum absolute atomic E-state index is 0.00188. The summed E-state index contributed by atoms with van der Waals surface area (Å²) in [6, 6.07) is 9.47. The SMILES string of the molecule is OCC1(Oc2ccccc2)COC1. The number of para-hydroxylation sites is 1. The molecule has 1 saturated heterocycles. The molecule has 1 aliphatic rings. The molecule has 0 saturated carbocycles. The Bertz CT molecular complexity index is 261. The first-order valence-electron chi connectivity index (χ1n) is 4.27. The van der Waals surface area contributed by atoms with E-state index in [9.17, 15) is 0 Å². The monoisotopic (exact) mass is 180 g/mol. The van der Waals surface area contributed by atoms with E-state index in [1.165, 1.54) is 0 Å². The molecule has 1 aromatic rings. The smallest absolute Gasteiger partial charge is 0.178 e. The molecule has 1 aliphatic heterocycles. The third-order valence-corrected chi connectivity index (χ3v) is 2.10. The van der Waals surface area contributed by atoms with Gasteiger partial charge in [-0.3, -0.25) is 0 Å². The van der Waals surface area contributed by atoms with Crippen LogP contribution < -0.4 is 4.74 Å². The van der Waals surface area contributed by atoms with Crippen LogP contribution >= 0.6 is 0 Å². The molecule has 1 aromatic carbocycles. The van der Waals surface area contributed by atoms with Crippen LogP contribution in [0.15, 0.2) is 30.3 Å². The number of ether oxygens (including phenoxy) is 2. The van der Waals surface area contributed by atoms with Crippen LogP contribution in [0.3, 0.4) is 0 Å². The second-order valence-electron chi connectivity index (χ2n) is 3.25. The van der Waals surface area contributed by atoms with Crippen molar-refractivity contribution >= 4 is 0 Å². The van der Waals surface area contributed by atoms with Gasteiger partial charge in [0.2, 0.25) is 0 Å². The minimum Gasteiger partial charge on any atom is -0.480 e. The van der Waals surface area contributed by atoms with Crippen LogP contribution in [0.25, 0.3) is 0 Å². The summed E-state index contributed by atoms with van der Waals surface area (Å²) in [5, 5.41) is 9.09. The van der Waals surface area contributed by atoms with E-state index in [1.807, 2.05) is 30.3 Å². The molecule has 0 spiro atoms. The molecule has 70 valence electrons. The van der Waals surface area contributed by atoms with Gasteiger partial charge in [0.15, 0.2) is 5.60 Å². The minimum atomic E-state index is -0.499. The standard InChI is InChI=1S/C10H12O3/c11-6-10(7-12-8-10)13-9-4-2-1-3-5-9/h1-5,11H,6-8H2. The topological polar surface area (TPSA) is 38.7 Å². The van der Waals surface area contributed by atoms with E-state index in [0.717, 1.165) is 5.75 Å². The first-order chi connectivity index (χ1) is 6.35. The molecular weight excluding hydrogens is 168 g/mol. The van der Waals surface area contributed by atoms with Gasteiger partial charge in [-0.25, -0.2) is 0 Å². The zero-order valence-electron chi connectivity index (χ0n) is 7.27. The third kappa shape index (κ3) is 1.66. The molecule has 3 nitrogen and oxygen atoms in total. The van der Waals surface area contributed by atoms with Crippen molar-refractivity contribution in [3.63, 3.8) is 0 Å². The maximum absolute atomic E-state index is 9.09. The molecule has 0 bridgehead atoms. The third-order valence-electron chi connectivity index (χ3n) is 2.10. The van der Waals surface area contributed by atoms with Gasteiger partial charge in [-0.05, 0) is 12.1 Å². The normalized spacial score (nSPS) is 19.2. The fourth-order valence-corrected chi connectivity index (χ4v) is 1.25. The molecule has 13 heavy (non-hydrogen) atoms. The van der Waals surface area contributed by atoms with E-state index in [-0.39, 0.29) is 6.61 Å². The van der Waals surface area contributed by atoms with Crippen molar-refractivity contribution in [2.75, 3.05) is 19.8 Å². The van der Waals surface area contributed by atoms with Crippen molar-refractivity contribution in [1.82, 2.24) is 0 Å². The molecule has 0 radical (unpaired) electrons. The summed E-state index contributed by atoms with van der Waals surface area (Å²) in [4.78, 5) is 0. The highest BCUT2D eigenvalue weighted by Crippen LogP contribution is 2.24. The highest BCUT2D eigenvalue weighted by Gasteiger charge is 2.40. The van der Waals surface area contributed by atoms with Gasteiger partial charge in [-0.1, -0.05) is 18.2 Å². The van der Waals surface area contributed by atoms with Crippen LogP contribution in [0.4, 0.5) is 0 Å². The molecule has 2 rings (SSSR count). The summed E-state index contributed by atoms with van der Waals surface area (Å²) < 4.78 is 10.6. The van der Waals surface area contributed by atoms with Gasteiger partial charge >= 0.3 is 0 Å². The Morgan fingerprint density at radius 2 is 2.00 bits per heavy atom. The number of aliphatic hydroxyl groups excluding tert-OH is 1. The van der Waals surface area contributed by atoms with Gasteiger partial charge in [0.05, 0.1) is 19.8 Å². The van der Waals surface area contributed by atoms with E-state index in [2.05, 4.69) is 0 Å². The van der Waals surface area contributed by atoms with Crippen LogP contribution in [0, 0.1) is 0 Å². The number of hydrogen-bond acceptors (Lipinski definition) is 3. The summed E-state index contributed by atoms with van der Waals surface area (Å²) in [6.45, 7) is 0.943. The predicted molar refractivity (Wildman–Crippen MR) is 47.7 cm³/mol. The Morgan fingerprint density at radius 1 is 1.31 bits per heavy atom. The zero-order valence-corrected chi connectivity index (χ0v) is 7.27. The lowest BCUT2D eigenvalue weighted by atomic mass is 10.0. The van der Waals surface area contributed by atoms with Crippen LogP contribution in [0.5, 0.6) is 5.75 Å². The van der Waals surface area contributed by atoms with E-state index < -0.39 is 5.60 Å². The summed E-state index contributed by atoms with van der Waals surface area (Å²) in [5.74, 6) is 0.778. The number of benzene rings is 1. The fraction of sp³-hybridized carbons (Fsp3) is 0.400. The Kier molecular flexibility index (Phi) is 2.20. The van der Waals surface area contributed by atoms with Crippen LogP contribution in [-0.2, 0) is 4.74 Å². The molecule has 0 amide bonds. The van der Waals surface area contributed by atoms with E-state index >= 15 is 0 Å². The van der Waals surface area contributed by atoms with Gasteiger partial charge in [-0.15, -0.1) is 0 Å². The molecule has 0 unspecified atom stereocenters. The summed E-state index contributed by atoms with van der Waals surface area (Å²) in [7, 11) is 0. The molecule has 1 N–H and O–H groups in total. The maximum Gasteiger partial charge on any atom is 0.178 e. The van der Waals surface area contributed by atoms with Crippen molar-refractivity contribution in [3.05, 3.63) is 30.3 Å². The average molecular weight is 180 g/mol. The van der Waals surface area contributed by atoms with Gasteiger partial charge in [-0.2, -0.15) is 0 Å². The molecule has 3 heteroatoms. The Balaban J connectivity index is 2.05. The Labute approximate surface area is 76.9 Å². The van der Waals surface area contributed by atoms with Crippen LogP contribution in [0.1, 0.15) is 0 Å². The summed E-state index contributed by atoms with van der Waals surface area (Å²) >= 11 is 0. The average Bonchev–Trinajstić information content (AvgIpc) is 2.13. The quantitative estimate of drug-likeness (QED) is 0.748. The second-order valence-corrected chi connectivity index (χ2v) is 3.25. The van der Waals surface area contributed by atoms with E-state index in [4.69, 9.17) is 14.6 Å². The molecular formula is C10H12O3. The van der Waals surface area contributed by atoms with E-state index in [0.29, 0.717) is 13.2 Å². The fourth-order valence-electron chi connectivity index (χ4n) is 1.25.